The van der Waals surface area contributed by atoms with E-state index >= 15 is 0 Å². The molecule has 0 unspecified atom stereocenters. The summed E-state index contributed by atoms with van der Waals surface area (Å²) in [5.74, 6) is 1.30. The van der Waals surface area contributed by atoms with E-state index in [0.29, 0.717) is 30.3 Å². The van der Waals surface area contributed by atoms with Gasteiger partial charge in [0.2, 0.25) is 11.8 Å². The van der Waals surface area contributed by atoms with Crippen molar-refractivity contribution in [2.45, 2.75) is 20.4 Å². The van der Waals surface area contributed by atoms with E-state index in [1.165, 1.54) is 7.11 Å². The highest BCUT2D eigenvalue weighted by Crippen LogP contribution is 2.26. The van der Waals surface area contributed by atoms with Gasteiger partial charge >= 0.3 is 0 Å². The highest BCUT2D eigenvalue weighted by Gasteiger charge is 2.16. The van der Waals surface area contributed by atoms with Crippen molar-refractivity contribution < 1.29 is 14.3 Å². The predicted octanol–water partition coefficient (Wildman–Crippen LogP) is 3.35. The number of methoxy groups -OCH3 is 1. The molecule has 0 bridgehead atoms. The third-order valence-corrected chi connectivity index (χ3v) is 4.96. The maximum atomic E-state index is 13.1. The largest absolute Gasteiger partial charge is 0.493 e. The van der Waals surface area contributed by atoms with Gasteiger partial charge in [-0.25, -0.2) is 9.50 Å². The second kappa shape index (κ2) is 9.56. The number of para-hydroxylation sites is 1. The summed E-state index contributed by atoms with van der Waals surface area (Å²) >= 11 is 0. The number of nitrogens with zero attached hydrogens (tertiary/aromatic N) is 4. The van der Waals surface area contributed by atoms with Gasteiger partial charge in [0.1, 0.15) is 11.3 Å². The first kappa shape index (κ1) is 22.1. The molecule has 33 heavy (non-hydrogen) atoms. The van der Waals surface area contributed by atoms with Gasteiger partial charge in [-0.1, -0.05) is 32.0 Å². The number of aromatic nitrogens is 4. The molecule has 1 aromatic carbocycles. The van der Waals surface area contributed by atoms with Gasteiger partial charge in [0.25, 0.3) is 5.91 Å². The number of hydrogen-bond acceptors (Lipinski definition) is 7. The molecular formula is C24H26N6O3. The molecule has 3 N–H and O–H groups in total. The van der Waals surface area contributed by atoms with E-state index in [1.807, 2.05) is 36.4 Å². The Labute approximate surface area is 191 Å². The Balaban J connectivity index is 1.56. The number of carbonyl (C=O) groups is 1. The van der Waals surface area contributed by atoms with Crippen molar-refractivity contribution in [2.24, 2.45) is 5.92 Å². The predicted molar refractivity (Wildman–Crippen MR) is 125 cm³/mol. The van der Waals surface area contributed by atoms with Crippen LogP contribution in [-0.4, -0.2) is 39.2 Å². The minimum Gasteiger partial charge on any atom is -0.493 e. The number of nitrogens with two attached hydrogens (primary N) is 1. The molecule has 0 atom stereocenters. The summed E-state index contributed by atoms with van der Waals surface area (Å²) in [7, 11) is 1.48. The molecule has 9 nitrogen and oxygen atoms in total. The number of rotatable bonds is 8. The van der Waals surface area contributed by atoms with Crippen LogP contribution in [0.15, 0.2) is 54.9 Å². The molecule has 3 heterocycles. The lowest BCUT2D eigenvalue weighted by Gasteiger charge is -2.14. The van der Waals surface area contributed by atoms with Crippen LogP contribution in [-0.2, 0) is 6.54 Å². The SMILES string of the molecule is COc1ncc(-c2ccn3nc(N)nc3c2)cc1C(=O)NCc1ccccc1OCC(C)C. The quantitative estimate of drug-likeness (QED) is 0.426. The third-order valence-electron chi connectivity index (χ3n) is 4.96. The highest BCUT2D eigenvalue weighted by atomic mass is 16.5. The lowest BCUT2D eigenvalue weighted by atomic mass is 10.1. The third kappa shape index (κ3) is 5.03. The van der Waals surface area contributed by atoms with Crippen LogP contribution in [0.2, 0.25) is 0 Å². The molecule has 170 valence electrons. The number of nitrogen functional groups attached to an aromatic ring is 1. The van der Waals surface area contributed by atoms with E-state index in [4.69, 9.17) is 15.2 Å². The first-order valence-electron chi connectivity index (χ1n) is 10.6. The van der Waals surface area contributed by atoms with Crippen molar-refractivity contribution in [3.63, 3.8) is 0 Å². The summed E-state index contributed by atoms with van der Waals surface area (Å²) < 4.78 is 12.8. The Hall–Kier alpha value is -4.14. The van der Waals surface area contributed by atoms with Crippen LogP contribution >= 0.6 is 0 Å². The topological polar surface area (TPSA) is 117 Å². The van der Waals surface area contributed by atoms with E-state index in [9.17, 15) is 4.79 Å². The number of nitrogens with one attached hydrogen (secondary N) is 1. The van der Waals surface area contributed by atoms with Crippen molar-refractivity contribution >= 4 is 17.5 Å². The molecule has 9 heteroatoms. The Morgan fingerprint density at radius 3 is 2.79 bits per heavy atom. The van der Waals surface area contributed by atoms with Gasteiger partial charge in [-0.15, -0.1) is 5.10 Å². The summed E-state index contributed by atoms with van der Waals surface area (Å²) in [6.45, 7) is 5.09. The van der Waals surface area contributed by atoms with Crippen molar-refractivity contribution in [2.75, 3.05) is 19.5 Å². The van der Waals surface area contributed by atoms with Gasteiger partial charge in [0, 0.05) is 30.1 Å². The van der Waals surface area contributed by atoms with E-state index < -0.39 is 0 Å². The first-order chi connectivity index (χ1) is 15.9. The summed E-state index contributed by atoms with van der Waals surface area (Å²) in [6, 6.07) is 13.1. The fraction of sp³-hybridized carbons (Fsp3) is 0.250. The molecule has 4 rings (SSSR count). The second-order valence-corrected chi connectivity index (χ2v) is 7.96. The zero-order chi connectivity index (χ0) is 23.4. The number of hydrogen-bond donors (Lipinski definition) is 2. The first-order valence-corrected chi connectivity index (χ1v) is 10.6. The zero-order valence-corrected chi connectivity index (χ0v) is 18.8. The summed E-state index contributed by atoms with van der Waals surface area (Å²) in [6.07, 6.45) is 3.41. The minimum atomic E-state index is -0.298. The number of benzene rings is 1. The molecule has 0 aliphatic rings. The summed E-state index contributed by atoms with van der Waals surface area (Å²) in [5.41, 5.74) is 9.06. The van der Waals surface area contributed by atoms with Crippen molar-refractivity contribution in [1.82, 2.24) is 24.9 Å². The van der Waals surface area contributed by atoms with E-state index in [-0.39, 0.29) is 17.7 Å². The smallest absolute Gasteiger partial charge is 0.257 e. The number of amides is 1. The molecule has 1 amide bonds. The van der Waals surface area contributed by atoms with Gasteiger partial charge in [-0.2, -0.15) is 4.98 Å². The molecule has 0 radical (unpaired) electrons. The standard InChI is InChI=1S/C24H26N6O3/c1-15(2)14-33-20-7-5-4-6-17(20)12-26-22(31)19-10-18(13-27-23(19)32-3)16-8-9-30-21(11-16)28-24(25)29-30/h4-11,13,15H,12,14H2,1-3H3,(H2,25,29)(H,26,31). The number of ether oxygens (including phenoxy) is 2. The van der Waals surface area contributed by atoms with Gasteiger partial charge in [-0.05, 0) is 35.7 Å². The monoisotopic (exact) mass is 446 g/mol. The summed E-state index contributed by atoms with van der Waals surface area (Å²) in [5, 5.41) is 7.03. The molecule has 0 aliphatic carbocycles. The number of carbonyl (C=O) groups excluding carboxylic acids is 1. The Kier molecular flexibility index (Phi) is 6.39. The van der Waals surface area contributed by atoms with Crippen LogP contribution in [0.5, 0.6) is 11.6 Å². The van der Waals surface area contributed by atoms with Crippen LogP contribution in [0.1, 0.15) is 29.8 Å². The molecule has 3 aromatic heterocycles. The Bertz CT molecular complexity index is 1280. The molecule has 0 saturated carbocycles. The van der Waals surface area contributed by atoms with E-state index in [1.54, 1.807) is 23.0 Å². The molecular weight excluding hydrogens is 420 g/mol. The molecule has 0 spiro atoms. The van der Waals surface area contributed by atoms with Gasteiger partial charge < -0.3 is 20.5 Å². The average molecular weight is 447 g/mol. The minimum absolute atomic E-state index is 0.192. The average Bonchev–Trinajstić information content (AvgIpc) is 3.20. The van der Waals surface area contributed by atoms with E-state index in [2.05, 4.69) is 34.2 Å². The van der Waals surface area contributed by atoms with Crippen LogP contribution in [0.3, 0.4) is 0 Å². The second-order valence-electron chi connectivity index (χ2n) is 7.96. The van der Waals surface area contributed by atoms with Crippen LogP contribution in [0.4, 0.5) is 5.95 Å². The molecule has 0 fully saturated rings. The lowest BCUT2D eigenvalue weighted by Crippen LogP contribution is -2.24. The fourth-order valence-electron chi connectivity index (χ4n) is 3.33. The summed E-state index contributed by atoms with van der Waals surface area (Å²) in [4.78, 5) is 21.6. The van der Waals surface area contributed by atoms with E-state index in [0.717, 1.165) is 22.4 Å². The zero-order valence-electron chi connectivity index (χ0n) is 18.8. The number of pyridine rings is 2. The molecule has 0 aliphatic heterocycles. The highest BCUT2D eigenvalue weighted by molar-refractivity contribution is 5.97. The van der Waals surface area contributed by atoms with Crippen LogP contribution in [0.25, 0.3) is 16.8 Å². The Morgan fingerprint density at radius 2 is 2.00 bits per heavy atom. The van der Waals surface area contributed by atoms with Crippen molar-refractivity contribution in [3.05, 3.63) is 66.0 Å². The normalized spacial score (nSPS) is 11.0. The van der Waals surface area contributed by atoms with Crippen LogP contribution < -0.4 is 20.5 Å². The van der Waals surface area contributed by atoms with Gasteiger partial charge in [0.15, 0.2) is 5.65 Å². The van der Waals surface area contributed by atoms with Crippen LogP contribution in [0, 0.1) is 5.92 Å². The number of fused-ring (bicyclic) bond motifs is 1. The van der Waals surface area contributed by atoms with Gasteiger partial charge in [0.05, 0.1) is 13.7 Å². The van der Waals surface area contributed by atoms with Gasteiger partial charge in [-0.3, -0.25) is 4.79 Å². The van der Waals surface area contributed by atoms with Crippen molar-refractivity contribution in [1.29, 1.82) is 0 Å². The maximum Gasteiger partial charge on any atom is 0.257 e. The molecule has 0 saturated heterocycles. The molecule has 4 aromatic rings. The van der Waals surface area contributed by atoms with Crippen molar-refractivity contribution in [3.8, 4) is 22.8 Å². The fourth-order valence-corrected chi connectivity index (χ4v) is 3.33. The number of anilines is 1. The maximum absolute atomic E-state index is 13.1. The lowest BCUT2D eigenvalue weighted by molar-refractivity contribution is 0.0946. The Morgan fingerprint density at radius 1 is 1.18 bits per heavy atom.